The Hall–Kier alpha value is -1.86. The van der Waals surface area contributed by atoms with Crippen molar-refractivity contribution in [1.29, 1.82) is 0 Å². The number of nitrogens with one attached hydrogen (secondary N) is 1. The van der Waals surface area contributed by atoms with Crippen LogP contribution in [0.25, 0.3) is 0 Å². The predicted molar refractivity (Wildman–Crippen MR) is 94.5 cm³/mol. The molecule has 3 rings (SSSR count). The van der Waals surface area contributed by atoms with Crippen LogP contribution in [0.5, 0.6) is 0 Å². The van der Waals surface area contributed by atoms with Gasteiger partial charge in [-0.1, -0.05) is 12.1 Å². The Bertz CT molecular complexity index is 790. The van der Waals surface area contributed by atoms with Crippen LogP contribution in [0.4, 0.5) is 5.69 Å². The first-order chi connectivity index (χ1) is 11.5. The average Bonchev–Trinajstić information content (AvgIpc) is 2.94. The number of rotatable bonds is 5. The lowest BCUT2D eigenvalue weighted by atomic mass is 10.1. The Kier molecular flexibility index (Phi) is 4.91. The fraction of sp³-hybridized carbons (Fsp3) is 0.471. The van der Waals surface area contributed by atoms with Crippen molar-refractivity contribution in [2.24, 2.45) is 7.05 Å². The second-order valence-corrected chi connectivity index (χ2v) is 7.99. The van der Waals surface area contributed by atoms with Gasteiger partial charge in [0.1, 0.15) is 4.90 Å². The molecule has 1 aromatic carbocycles. The summed E-state index contributed by atoms with van der Waals surface area (Å²) in [6.45, 7) is 4.23. The van der Waals surface area contributed by atoms with Crippen LogP contribution < -0.4 is 9.62 Å². The molecule has 1 saturated heterocycles. The first-order valence-corrected chi connectivity index (χ1v) is 9.78. The third-order valence-corrected chi connectivity index (χ3v) is 6.11. The molecular weight excluding hydrogens is 324 g/mol. The second kappa shape index (κ2) is 6.94. The molecule has 0 saturated carbocycles. The molecule has 1 aliphatic rings. The van der Waals surface area contributed by atoms with Gasteiger partial charge < -0.3 is 4.90 Å². The molecule has 6 nitrogen and oxygen atoms in total. The summed E-state index contributed by atoms with van der Waals surface area (Å²) in [6.07, 6.45) is 5.18. The minimum Gasteiger partial charge on any atom is -0.372 e. The summed E-state index contributed by atoms with van der Waals surface area (Å²) in [5.74, 6) is 0. The number of nitrogens with zero attached hydrogens (tertiary/aromatic N) is 3. The van der Waals surface area contributed by atoms with Crippen molar-refractivity contribution >= 4 is 15.7 Å². The standard InChI is InChI=1S/C17H24N4O2S/c1-14-17(13-18-20(14)2)24(22,23)19-12-15-6-8-16(9-7-15)21-10-4-3-5-11-21/h6-9,13,19H,3-5,10-12H2,1-2H3. The lowest BCUT2D eigenvalue weighted by Gasteiger charge is -2.28. The summed E-state index contributed by atoms with van der Waals surface area (Å²) in [6, 6.07) is 8.12. The molecule has 130 valence electrons. The number of benzene rings is 1. The van der Waals surface area contributed by atoms with Crippen LogP contribution in [0, 0.1) is 6.92 Å². The zero-order valence-corrected chi connectivity index (χ0v) is 15.0. The van der Waals surface area contributed by atoms with Crippen molar-refractivity contribution in [2.45, 2.75) is 37.6 Å². The van der Waals surface area contributed by atoms with Crippen molar-refractivity contribution < 1.29 is 8.42 Å². The highest BCUT2D eigenvalue weighted by Crippen LogP contribution is 2.20. The monoisotopic (exact) mass is 348 g/mol. The molecule has 1 aliphatic heterocycles. The molecule has 0 radical (unpaired) electrons. The molecular formula is C17H24N4O2S. The van der Waals surface area contributed by atoms with Crippen molar-refractivity contribution in [3.05, 3.63) is 41.7 Å². The summed E-state index contributed by atoms with van der Waals surface area (Å²) < 4.78 is 29.0. The molecule has 2 aromatic rings. The van der Waals surface area contributed by atoms with Crippen LogP contribution in [0.2, 0.25) is 0 Å². The van der Waals surface area contributed by atoms with E-state index in [4.69, 9.17) is 0 Å². The van der Waals surface area contributed by atoms with Crippen LogP contribution in [0.1, 0.15) is 30.5 Å². The van der Waals surface area contributed by atoms with E-state index in [0.717, 1.165) is 18.7 Å². The molecule has 1 aromatic heterocycles. The summed E-state index contributed by atoms with van der Waals surface area (Å²) in [5, 5.41) is 3.99. The van der Waals surface area contributed by atoms with E-state index in [9.17, 15) is 8.42 Å². The molecule has 0 bridgehead atoms. The Morgan fingerprint density at radius 2 is 1.79 bits per heavy atom. The Morgan fingerprint density at radius 1 is 1.12 bits per heavy atom. The molecule has 0 aliphatic carbocycles. The van der Waals surface area contributed by atoms with E-state index in [1.165, 1.54) is 31.1 Å². The zero-order chi connectivity index (χ0) is 17.2. The number of anilines is 1. The van der Waals surface area contributed by atoms with Gasteiger partial charge in [0.15, 0.2) is 0 Å². The highest BCUT2D eigenvalue weighted by molar-refractivity contribution is 7.89. The van der Waals surface area contributed by atoms with Gasteiger partial charge in [-0.05, 0) is 43.9 Å². The number of aromatic nitrogens is 2. The van der Waals surface area contributed by atoms with Gasteiger partial charge in [0.2, 0.25) is 10.0 Å². The van der Waals surface area contributed by atoms with E-state index < -0.39 is 10.0 Å². The molecule has 7 heteroatoms. The van der Waals surface area contributed by atoms with Crippen molar-refractivity contribution in [1.82, 2.24) is 14.5 Å². The summed E-state index contributed by atoms with van der Waals surface area (Å²) in [4.78, 5) is 2.62. The SMILES string of the molecule is Cc1c(S(=O)(=O)NCc2ccc(N3CCCCC3)cc2)cnn1C. The molecule has 1 N–H and O–H groups in total. The molecule has 0 atom stereocenters. The highest BCUT2D eigenvalue weighted by atomic mass is 32.2. The first-order valence-electron chi connectivity index (χ1n) is 8.29. The quantitative estimate of drug-likeness (QED) is 0.899. The second-order valence-electron chi connectivity index (χ2n) is 6.26. The molecule has 2 heterocycles. The number of hydrogen-bond donors (Lipinski definition) is 1. The lowest BCUT2D eigenvalue weighted by Crippen LogP contribution is -2.29. The summed E-state index contributed by atoms with van der Waals surface area (Å²) >= 11 is 0. The maximum absolute atomic E-state index is 12.4. The number of aryl methyl sites for hydroxylation is 1. The van der Waals surface area contributed by atoms with Gasteiger partial charge >= 0.3 is 0 Å². The fourth-order valence-electron chi connectivity index (χ4n) is 2.98. The molecule has 0 spiro atoms. The topological polar surface area (TPSA) is 67.2 Å². The molecule has 1 fully saturated rings. The van der Waals surface area contributed by atoms with Crippen LogP contribution in [0.15, 0.2) is 35.4 Å². The maximum atomic E-state index is 12.4. The van der Waals surface area contributed by atoms with E-state index in [1.54, 1.807) is 18.7 Å². The minimum absolute atomic E-state index is 0.231. The van der Waals surface area contributed by atoms with Gasteiger partial charge in [-0.3, -0.25) is 4.68 Å². The Balaban J connectivity index is 1.65. The third-order valence-electron chi connectivity index (χ3n) is 4.60. The van der Waals surface area contributed by atoms with E-state index in [2.05, 4.69) is 26.9 Å². The van der Waals surface area contributed by atoms with Crippen molar-refractivity contribution in [3.8, 4) is 0 Å². The normalized spacial score (nSPS) is 15.7. The smallest absolute Gasteiger partial charge is 0.244 e. The molecule has 0 amide bonds. The van der Waals surface area contributed by atoms with Crippen LogP contribution in [-0.4, -0.2) is 31.3 Å². The zero-order valence-electron chi connectivity index (χ0n) is 14.2. The first kappa shape index (κ1) is 17.0. The van der Waals surface area contributed by atoms with E-state index in [1.807, 2.05) is 12.1 Å². The predicted octanol–water partition coefficient (Wildman–Crippen LogP) is 2.20. The molecule has 24 heavy (non-hydrogen) atoms. The molecule has 0 unspecified atom stereocenters. The van der Waals surface area contributed by atoms with E-state index >= 15 is 0 Å². The summed E-state index contributed by atoms with van der Waals surface area (Å²) in [5.41, 5.74) is 2.79. The Morgan fingerprint density at radius 3 is 2.38 bits per heavy atom. The number of hydrogen-bond acceptors (Lipinski definition) is 4. The largest absolute Gasteiger partial charge is 0.372 e. The highest BCUT2D eigenvalue weighted by Gasteiger charge is 2.19. The lowest BCUT2D eigenvalue weighted by molar-refractivity contribution is 0.577. The van der Waals surface area contributed by atoms with Gasteiger partial charge in [-0.2, -0.15) is 5.10 Å². The van der Waals surface area contributed by atoms with Crippen LogP contribution in [-0.2, 0) is 23.6 Å². The number of piperidine rings is 1. The van der Waals surface area contributed by atoms with Gasteiger partial charge in [0.25, 0.3) is 0 Å². The van der Waals surface area contributed by atoms with Crippen molar-refractivity contribution in [3.63, 3.8) is 0 Å². The van der Waals surface area contributed by atoms with E-state index in [0.29, 0.717) is 5.69 Å². The van der Waals surface area contributed by atoms with Crippen molar-refractivity contribution in [2.75, 3.05) is 18.0 Å². The fourth-order valence-corrected chi connectivity index (χ4v) is 4.19. The van der Waals surface area contributed by atoms with Gasteiger partial charge in [0, 0.05) is 32.4 Å². The van der Waals surface area contributed by atoms with Crippen LogP contribution >= 0.6 is 0 Å². The van der Waals surface area contributed by atoms with E-state index in [-0.39, 0.29) is 11.4 Å². The van der Waals surface area contributed by atoms with Gasteiger partial charge in [-0.25, -0.2) is 13.1 Å². The minimum atomic E-state index is -3.54. The van der Waals surface area contributed by atoms with Gasteiger partial charge in [0.05, 0.1) is 11.9 Å². The van der Waals surface area contributed by atoms with Gasteiger partial charge in [-0.15, -0.1) is 0 Å². The third kappa shape index (κ3) is 3.62. The maximum Gasteiger partial charge on any atom is 0.244 e. The Labute approximate surface area is 143 Å². The van der Waals surface area contributed by atoms with Crippen LogP contribution in [0.3, 0.4) is 0 Å². The number of sulfonamides is 1. The average molecular weight is 348 g/mol. The summed E-state index contributed by atoms with van der Waals surface area (Å²) in [7, 11) is -1.81.